The van der Waals surface area contributed by atoms with E-state index >= 15 is 0 Å². The molecule has 1 aliphatic rings. The highest BCUT2D eigenvalue weighted by atomic mass is 16.1. The zero-order valence-corrected chi connectivity index (χ0v) is 12.0. The number of nitrogens with zero attached hydrogens (tertiary/aromatic N) is 1. The van der Waals surface area contributed by atoms with Crippen LogP contribution in [0.15, 0.2) is 0 Å². The zero-order valence-electron chi connectivity index (χ0n) is 12.0. The number of carbonyl (C=O) groups is 1. The van der Waals surface area contributed by atoms with Gasteiger partial charge in [-0.25, -0.2) is 0 Å². The average Bonchev–Trinajstić information content (AvgIpc) is 2.32. The Morgan fingerprint density at radius 1 is 1.39 bits per heavy atom. The van der Waals surface area contributed by atoms with Gasteiger partial charge in [0.1, 0.15) is 0 Å². The van der Waals surface area contributed by atoms with Gasteiger partial charge in [-0.1, -0.05) is 12.8 Å². The van der Waals surface area contributed by atoms with Gasteiger partial charge < -0.3 is 16.0 Å². The van der Waals surface area contributed by atoms with Gasteiger partial charge >= 0.3 is 0 Å². The van der Waals surface area contributed by atoms with E-state index in [9.17, 15) is 4.79 Å². The maximum absolute atomic E-state index is 11.7. The minimum atomic E-state index is 0.202. The smallest absolute Gasteiger partial charge is 0.220 e. The van der Waals surface area contributed by atoms with E-state index in [1.807, 2.05) is 14.1 Å². The van der Waals surface area contributed by atoms with Crippen LogP contribution in [0.1, 0.15) is 44.9 Å². The van der Waals surface area contributed by atoms with Crippen molar-refractivity contribution in [1.29, 1.82) is 0 Å². The first-order valence-electron chi connectivity index (χ1n) is 7.25. The summed E-state index contributed by atoms with van der Waals surface area (Å²) in [5.74, 6) is 0.870. The number of amides is 1. The van der Waals surface area contributed by atoms with Gasteiger partial charge in [-0.3, -0.25) is 4.79 Å². The third-order valence-corrected chi connectivity index (χ3v) is 3.71. The van der Waals surface area contributed by atoms with Crippen LogP contribution in [0.2, 0.25) is 0 Å². The molecule has 106 valence electrons. The lowest BCUT2D eigenvalue weighted by Gasteiger charge is -2.26. The SMILES string of the molecule is CN(C)CCCNC(=O)CCC1CCCC(N)C1. The minimum absolute atomic E-state index is 0.202. The first kappa shape index (κ1) is 15.4. The Bertz CT molecular complexity index is 243. The molecular weight excluding hydrogens is 226 g/mol. The number of carbonyl (C=O) groups excluding carboxylic acids is 1. The number of nitrogens with two attached hydrogens (primary N) is 1. The lowest BCUT2D eigenvalue weighted by molar-refractivity contribution is -0.121. The zero-order chi connectivity index (χ0) is 13.4. The highest BCUT2D eigenvalue weighted by Crippen LogP contribution is 2.26. The second-order valence-electron chi connectivity index (χ2n) is 5.84. The normalized spacial score (nSPS) is 24.2. The fourth-order valence-electron chi connectivity index (χ4n) is 2.64. The molecule has 0 bridgehead atoms. The minimum Gasteiger partial charge on any atom is -0.356 e. The van der Waals surface area contributed by atoms with E-state index in [-0.39, 0.29) is 5.91 Å². The molecule has 0 spiro atoms. The van der Waals surface area contributed by atoms with Crippen molar-refractivity contribution in [3.05, 3.63) is 0 Å². The Morgan fingerprint density at radius 3 is 2.83 bits per heavy atom. The molecule has 0 heterocycles. The van der Waals surface area contributed by atoms with E-state index in [1.165, 1.54) is 12.8 Å². The monoisotopic (exact) mass is 255 g/mol. The van der Waals surface area contributed by atoms with Gasteiger partial charge in [0.05, 0.1) is 0 Å². The molecule has 0 aromatic heterocycles. The first-order chi connectivity index (χ1) is 8.58. The van der Waals surface area contributed by atoms with Crippen molar-refractivity contribution in [1.82, 2.24) is 10.2 Å². The average molecular weight is 255 g/mol. The molecule has 1 rings (SSSR count). The molecule has 4 nitrogen and oxygen atoms in total. The molecule has 1 saturated carbocycles. The predicted molar refractivity (Wildman–Crippen MR) is 75.3 cm³/mol. The summed E-state index contributed by atoms with van der Waals surface area (Å²) >= 11 is 0. The summed E-state index contributed by atoms with van der Waals surface area (Å²) < 4.78 is 0. The summed E-state index contributed by atoms with van der Waals surface area (Å²) in [5.41, 5.74) is 5.95. The van der Waals surface area contributed by atoms with Crippen LogP contribution in [-0.4, -0.2) is 44.0 Å². The Labute approximate surface area is 111 Å². The molecule has 1 amide bonds. The quantitative estimate of drug-likeness (QED) is 0.675. The van der Waals surface area contributed by atoms with Crippen molar-refractivity contribution in [2.24, 2.45) is 11.7 Å². The summed E-state index contributed by atoms with van der Waals surface area (Å²) in [4.78, 5) is 13.8. The molecule has 1 fully saturated rings. The van der Waals surface area contributed by atoms with Crippen LogP contribution in [0.25, 0.3) is 0 Å². The summed E-state index contributed by atoms with van der Waals surface area (Å²) in [6, 6.07) is 0.368. The van der Waals surface area contributed by atoms with Crippen LogP contribution < -0.4 is 11.1 Å². The third-order valence-electron chi connectivity index (χ3n) is 3.71. The van der Waals surface area contributed by atoms with Gasteiger partial charge in [-0.2, -0.15) is 0 Å². The van der Waals surface area contributed by atoms with Gasteiger partial charge in [-0.15, -0.1) is 0 Å². The third kappa shape index (κ3) is 6.97. The Morgan fingerprint density at radius 2 is 2.17 bits per heavy atom. The number of hydrogen-bond donors (Lipinski definition) is 2. The Hall–Kier alpha value is -0.610. The molecule has 4 heteroatoms. The van der Waals surface area contributed by atoms with E-state index in [4.69, 9.17) is 5.73 Å². The van der Waals surface area contributed by atoms with Crippen molar-refractivity contribution >= 4 is 5.91 Å². The van der Waals surface area contributed by atoms with Crippen LogP contribution >= 0.6 is 0 Å². The molecule has 0 saturated heterocycles. The van der Waals surface area contributed by atoms with Gasteiger partial charge in [0.2, 0.25) is 5.91 Å². The van der Waals surface area contributed by atoms with Crippen LogP contribution in [-0.2, 0) is 4.79 Å². The number of nitrogens with one attached hydrogen (secondary N) is 1. The maximum atomic E-state index is 11.7. The standard InChI is InChI=1S/C14H29N3O/c1-17(2)10-4-9-16-14(18)8-7-12-5-3-6-13(15)11-12/h12-13H,3-11,15H2,1-2H3,(H,16,18). The highest BCUT2D eigenvalue weighted by molar-refractivity contribution is 5.75. The van der Waals surface area contributed by atoms with Gasteiger partial charge in [0.25, 0.3) is 0 Å². The van der Waals surface area contributed by atoms with E-state index in [0.717, 1.165) is 38.8 Å². The highest BCUT2D eigenvalue weighted by Gasteiger charge is 2.19. The van der Waals surface area contributed by atoms with E-state index in [2.05, 4.69) is 10.2 Å². The molecule has 2 atom stereocenters. The molecule has 0 aromatic rings. The lowest BCUT2D eigenvalue weighted by Crippen LogP contribution is -2.30. The van der Waals surface area contributed by atoms with Gasteiger partial charge in [0, 0.05) is 19.0 Å². The molecule has 0 radical (unpaired) electrons. The van der Waals surface area contributed by atoms with Gasteiger partial charge in [0.15, 0.2) is 0 Å². The maximum Gasteiger partial charge on any atom is 0.220 e. The van der Waals surface area contributed by atoms with Crippen molar-refractivity contribution < 1.29 is 4.79 Å². The fraction of sp³-hybridized carbons (Fsp3) is 0.929. The fourth-order valence-corrected chi connectivity index (χ4v) is 2.64. The molecule has 0 aromatic carbocycles. The van der Waals surface area contributed by atoms with Gasteiger partial charge in [-0.05, 0) is 52.2 Å². The number of hydrogen-bond acceptors (Lipinski definition) is 3. The van der Waals surface area contributed by atoms with Crippen LogP contribution in [0.5, 0.6) is 0 Å². The summed E-state index contributed by atoms with van der Waals surface area (Å²) in [6.07, 6.45) is 7.44. The van der Waals surface area contributed by atoms with Crippen molar-refractivity contribution in [3.63, 3.8) is 0 Å². The second-order valence-corrected chi connectivity index (χ2v) is 5.84. The van der Waals surface area contributed by atoms with Crippen LogP contribution in [0.4, 0.5) is 0 Å². The topological polar surface area (TPSA) is 58.4 Å². The molecule has 1 aliphatic carbocycles. The molecule has 2 unspecified atom stereocenters. The van der Waals surface area contributed by atoms with Crippen LogP contribution in [0.3, 0.4) is 0 Å². The molecule has 18 heavy (non-hydrogen) atoms. The summed E-state index contributed by atoms with van der Waals surface area (Å²) in [7, 11) is 4.10. The number of rotatable bonds is 7. The Kier molecular flexibility index (Phi) is 7.28. The molecule has 3 N–H and O–H groups in total. The second kappa shape index (κ2) is 8.48. The van der Waals surface area contributed by atoms with Crippen molar-refractivity contribution in [3.8, 4) is 0 Å². The van der Waals surface area contributed by atoms with E-state index in [0.29, 0.717) is 18.4 Å². The lowest BCUT2D eigenvalue weighted by atomic mass is 9.83. The van der Waals surface area contributed by atoms with E-state index in [1.54, 1.807) is 0 Å². The molecule has 0 aliphatic heterocycles. The predicted octanol–water partition coefficient (Wildman–Crippen LogP) is 1.35. The van der Waals surface area contributed by atoms with Crippen molar-refractivity contribution in [2.75, 3.05) is 27.2 Å². The van der Waals surface area contributed by atoms with E-state index < -0.39 is 0 Å². The molecular formula is C14H29N3O. The summed E-state index contributed by atoms with van der Waals surface area (Å²) in [6.45, 7) is 1.82. The van der Waals surface area contributed by atoms with Crippen LogP contribution in [0, 0.1) is 5.92 Å². The largest absolute Gasteiger partial charge is 0.356 e. The first-order valence-corrected chi connectivity index (χ1v) is 7.25. The summed E-state index contributed by atoms with van der Waals surface area (Å²) in [5, 5.41) is 2.99. The van der Waals surface area contributed by atoms with Crippen molar-refractivity contribution in [2.45, 2.75) is 51.0 Å². The Balaban J connectivity index is 2.02.